The monoisotopic (exact) mass is 248 g/mol. The minimum atomic E-state index is 0.0461. The molecule has 1 aliphatic carbocycles. The van der Waals surface area contributed by atoms with Crippen LogP contribution in [-0.2, 0) is 0 Å². The fraction of sp³-hybridized carbons (Fsp3) is 0.714. The summed E-state index contributed by atoms with van der Waals surface area (Å²) in [5.41, 5.74) is 1.09. The number of nitriles is 1. The molecule has 2 nitrogen and oxygen atoms in total. The van der Waals surface area contributed by atoms with Gasteiger partial charge in [-0.2, -0.15) is 5.26 Å². The lowest BCUT2D eigenvalue weighted by Gasteiger charge is -2.18. The maximum absolute atomic E-state index is 9.15. The zero-order valence-electron chi connectivity index (χ0n) is 10.7. The predicted molar refractivity (Wildman–Crippen MR) is 71.3 cm³/mol. The summed E-state index contributed by atoms with van der Waals surface area (Å²) in [4.78, 5) is 5.92. The van der Waals surface area contributed by atoms with Crippen molar-refractivity contribution in [1.82, 2.24) is 4.98 Å². The van der Waals surface area contributed by atoms with Gasteiger partial charge < -0.3 is 0 Å². The van der Waals surface area contributed by atoms with Crippen LogP contribution in [0.3, 0.4) is 0 Å². The average Bonchev–Trinajstić information content (AvgIpc) is 2.75. The molecule has 0 aromatic carbocycles. The van der Waals surface area contributed by atoms with Crippen LogP contribution in [0.1, 0.15) is 72.9 Å². The van der Waals surface area contributed by atoms with Gasteiger partial charge in [0.15, 0.2) is 0 Å². The molecule has 1 saturated carbocycles. The van der Waals surface area contributed by atoms with Gasteiger partial charge in [-0.25, -0.2) is 4.98 Å². The van der Waals surface area contributed by atoms with E-state index in [4.69, 9.17) is 10.2 Å². The Morgan fingerprint density at radius 2 is 2.12 bits per heavy atom. The summed E-state index contributed by atoms with van der Waals surface area (Å²) in [6, 6.07) is 2.40. The molecule has 0 amide bonds. The smallest absolute Gasteiger partial charge is 0.0962 e. The van der Waals surface area contributed by atoms with Crippen molar-refractivity contribution in [1.29, 1.82) is 5.26 Å². The Bertz CT molecular complexity index is 410. The van der Waals surface area contributed by atoms with E-state index < -0.39 is 0 Å². The van der Waals surface area contributed by atoms with Crippen LogP contribution in [0.4, 0.5) is 0 Å². The largest absolute Gasteiger partial charge is 0.246 e. The van der Waals surface area contributed by atoms with Crippen molar-refractivity contribution in [3.05, 3.63) is 15.6 Å². The molecule has 1 unspecified atom stereocenters. The number of hydrogen-bond acceptors (Lipinski definition) is 3. The molecule has 0 N–H and O–H groups in total. The van der Waals surface area contributed by atoms with Gasteiger partial charge in [-0.1, -0.05) is 26.2 Å². The van der Waals surface area contributed by atoms with Crippen molar-refractivity contribution < 1.29 is 0 Å². The molecule has 1 heterocycles. The number of aryl methyl sites for hydroxylation is 1. The molecule has 1 fully saturated rings. The third-order valence-electron chi connectivity index (χ3n) is 3.68. The summed E-state index contributed by atoms with van der Waals surface area (Å²) < 4.78 is 0. The van der Waals surface area contributed by atoms with E-state index in [-0.39, 0.29) is 5.92 Å². The minimum Gasteiger partial charge on any atom is -0.246 e. The second-order valence-electron chi connectivity index (χ2n) is 4.93. The summed E-state index contributed by atoms with van der Waals surface area (Å²) in [6.45, 7) is 4.13. The minimum absolute atomic E-state index is 0.0461. The molecule has 1 aromatic rings. The Hall–Kier alpha value is -0.880. The van der Waals surface area contributed by atoms with Crippen LogP contribution >= 0.6 is 11.3 Å². The van der Waals surface area contributed by atoms with E-state index in [1.165, 1.54) is 42.0 Å². The maximum atomic E-state index is 9.15. The summed E-state index contributed by atoms with van der Waals surface area (Å²) in [6.07, 6.45) is 7.53. The van der Waals surface area contributed by atoms with Gasteiger partial charge in [0.05, 0.1) is 22.7 Å². The second kappa shape index (κ2) is 5.64. The van der Waals surface area contributed by atoms with Crippen LogP contribution in [0.15, 0.2) is 0 Å². The molecule has 0 bridgehead atoms. The summed E-state index contributed by atoms with van der Waals surface area (Å²) in [5, 5.41) is 10.4. The van der Waals surface area contributed by atoms with Crippen molar-refractivity contribution in [2.75, 3.05) is 0 Å². The molecule has 1 aromatic heterocycles. The SMILES string of the molecule is CCC(C#N)c1sc(C2CCCCC2)nc1C. The highest BCUT2D eigenvalue weighted by molar-refractivity contribution is 7.12. The van der Waals surface area contributed by atoms with E-state index in [1.807, 2.05) is 0 Å². The standard InChI is InChI=1S/C14H20N2S/c1-3-11(9-15)13-10(2)16-14(17-13)12-7-5-4-6-8-12/h11-12H,3-8H2,1-2H3. The molecule has 3 heteroatoms. The normalized spacial score (nSPS) is 18.9. The maximum Gasteiger partial charge on any atom is 0.0962 e. The Morgan fingerprint density at radius 1 is 1.41 bits per heavy atom. The van der Waals surface area contributed by atoms with E-state index in [0.717, 1.165) is 12.1 Å². The van der Waals surface area contributed by atoms with E-state index >= 15 is 0 Å². The molecular weight excluding hydrogens is 228 g/mol. The lowest BCUT2D eigenvalue weighted by Crippen LogP contribution is -2.03. The molecule has 2 rings (SSSR count). The van der Waals surface area contributed by atoms with Crippen LogP contribution in [0.2, 0.25) is 0 Å². The highest BCUT2D eigenvalue weighted by Gasteiger charge is 2.22. The van der Waals surface area contributed by atoms with Crippen LogP contribution in [-0.4, -0.2) is 4.98 Å². The molecule has 0 spiro atoms. The van der Waals surface area contributed by atoms with Crippen LogP contribution < -0.4 is 0 Å². The third-order valence-corrected chi connectivity index (χ3v) is 5.12. The first-order valence-corrected chi connectivity index (χ1v) is 7.44. The van der Waals surface area contributed by atoms with Gasteiger partial charge in [-0.3, -0.25) is 0 Å². The molecule has 0 aliphatic heterocycles. The van der Waals surface area contributed by atoms with Crippen molar-refractivity contribution in [3.8, 4) is 6.07 Å². The summed E-state index contributed by atoms with van der Waals surface area (Å²) >= 11 is 1.79. The van der Waals surface area contributed by atoms with Gasteiger partial charge in [0.2, 0.25) is 0 Å². The molecule has 0 saturated heterocycles. The first-order valence-electron chi connectivity index (χ1n) is 6.63. The van der Waals surface area contributed by atoms with E-state index in [1.54, 1.807) is 11.3 Å². The van der Waals surface area contributed by atoms with Gasteiger partial charge in [0, 0.05) is 10.8 Å². The van der Waals surface area contributed by atoms with Gasteiger partial charge in [0.25, 0.3) is 0 Å². The highest BCUT2D eigenvalue weighted by atomic mass is 32.1. The van der Waals surface area contributed by atoms with Crippen LogP contribution in [0, 0.1) is 18.3 Å². The number of hydrogen-bond donors (Lipinski definition) is 0. The number of thiazole rings is 1. The summed E-state index contributed by atoms with van der Waals surface area (Å²) in [7, 11) is 0. The molecule has 1 aliphatic rings. The Morgan fingerprint density at radius 3 is 2.71 bits per heavy atom. The molecule has 17 heavy (non-hydrogen) atoms. The Labute approximate surface area is 108 Å². The second-order valence-corrected chi connectivity index (χ2v) is 5.99. The quantitative estimate of drug-likeness (QED) is 0.788. The fourth-order valence-electron chi connectivity index (χ4n) is 2.61. The summed E-state index contributed by atoms with van der Waals surface area (Å²) in [5.74, 6) is 0.710. The first-order chi connectivity index (χ1) is 8.26. The first kappa shape index (κ1) is 12.6. The van der Waals surface area contributed by atoms with Crippen LogP contribution in [0.25, 0.3) is 0 Å². The lowest BCUT2D eigenvalue weighted by atomic mass is 9.90. The van der Waals surface area contributed by atoms with Crippen molar-refractivity contribution in [2.24, 2.45) is 0 Å². The lowest BCUT2D eigenvalue weighted by molar-refractivity contribution is 0.442. The van der Waals surface area contributed by atoms with Gasteiger partial charge in [-0.15, -0.1) is 11.3 Å². The zero-order chi connectivity index (χ0) is 12.3. The van der Waals surface area contributed by atoms with Gasteiger partial charge in [-0.05, 0) is 26.2 Å². The van der Waals surface area contributed by atoms with Gasteiger partial charge >= 0.3 is 0 Å². The van der Waals surface area contributed by atoms with Crippen molar-refractivity contribution in [2.45, 2.75) is 64.2 Å². The average molecular weight is 248 g/mol. The van der Waals surface area contributed by atoms with E-state index in [0.29, 0.717) is 5.92 Å². The molecule has 92 valence electrons. The molecule has 1 atom stereocenters. The van der Waals surface area contributed by atoms with Crippen molar-refractivity contribution in [3.63, 3.8) is 0 Å². The van der Waals surface area contributed by atoms with Crippen molar-refractivity contribution >= 4 is 11.3 Å². The highest BCUT2D eigenvalue weighted by Crippen LogP contribution is 2.38. The number of aromatic nitrogens is 1. The number of nitrogens with zero attached hydrogens (tertiary/aromatic N) is 2. The Kier molecular flexibility index (Phi) is 4.17. The molecular formula is C14H20N2S. The number of rotatable bonds is 3. The van der Waals surface area contributed by atoms with E-state index in [9.17, 15) is 0 Å². The van der Waals surface area contributed by atoms with Crippen LogP contribution in [0.5, 0.6) is 0 Å². The predicted octanol–water partition coefficient (Wildman–Crippen LogP) is 4.52. The van der Waals surface area contributed by atoms with Gasteiger partial charge in [0.1, 0.15) is 0 Å². The molecule has 0 radical (unpaired) electrons. The van der Waals surface area contributed by atoms with E-state index in [2.05, 4.69) is 19.9 Å². The topological polar surface area (TPSA) is 36.7 Å². The zero-order valence-corrected chi connectivity index (χ0v) is 11.5. The Balaban J connectivity index is 2.20. The fourth-order valence-corrected chi connectivity index (χ4v) is 3.98. The third kappa shape index (κ3) is 2.69.